The van der Waals surface area contributed by atoms with Crippen LogP contribution < -0.4 is 4.90 Å². The molecule has 0 amide bonds. The van der Waals surface area contributed by atoms with E-state index in [1.165, 1.54) is 17.8 Å². The fraction of sp³-hybridized carbons (Fsp3) is 0.692. The van der Waals surface area contributed by atoms with E-state index in [0.29, 0.717) is 17.9 Å². The number of aryl methyl sites for hydroxylation is 1. The van der Waals surface area contributed by atoms with Gasteiger partial charge in [0.05, 0.1) is 0 Å². The summed E-state index contributed by atoms with van der Waals surface area (Å²) in [6.07, 6.45) is 1.23. The Hall–Kier alpha value is -1.10. The minimum Gasteiger partial charge on any atom is -0.476 e. The van der Waals surface area contributed by atoms with Gasteiger partial charge < -0.3 is 10.0 Å². The summed E-state index contributed by atoms with van der Waals surface area (Å²) in [7, 11) is 0. The number of hydrogen-bond acceptors (Lipinski definition) is 4. The summed E-state index contributed by atoms with van der Waals surface area (Å²) >= 11 is 1.49. The summed E-state index contributed by atoms with van der Waals surface area (Å²) in [6, 6.07) is 0.424. The summed E-state index contributed by atoms with van der Waals surface area (Å²) in [6.45, 7) is 9.50. The van der Waals surface area contributed by atoms with Gasteiger partial charge in [-0.25, -0.2) is 9.78 Å². The van der Waals surface area contributed by atoms with E-state index in [-0.39, 0.29) is 5.69 Å². The highest BCUT2D eigenvalue weighted by molar-refractivity contribution is 7.15. The minimum absolute atomic E-state index is 0.202. The van der Waals surface area contributed by atoms with Crippen molar-refractivity contribution in [1.82, 2.24) is 4.98 Å². The molecule has 3 unspecified atom stereocenters. The summed E-state index contributed by atoms with van der Waals surface area (Å²) in [5, 5.41) is 9.93. The molecule has 0 radical (unpaired) electrons. The van der Waals surface area contributed by atoms with Gasteiger partial charge in [0.2, 0.25) is 0 Å². The quantitative estimate of drug-likeness (QED) is 0.895. The lowest BCUT2D eigenvalue weighted by Gasteiger charge is -2.41. The van der Waals surface area contributed by atoms with Gasteiger partial charge in [0.15, 0.2) is 10.8 Å². The fourth-order valence-electron chi connectivity index (χ4n) is 2.67. The van der Waals surface area contributed by atoms with E-state index in [4.69, 9.17) is 5.11 Å². The summed E-state index contributed by atoms with van der Waals surface area (Å²) in [5.41, 5.74) is 0.202. The predicted octanol–water partition coefficient (Wildman–Crippen LogP) is 3.02. The summed E-state index contributed by atoms with van der Waals surface area (Å²) in [4.78, 5) is 18.4. The van der Waals surface area contributed by atoms with E-state index in [0.717, 1.165) is 16.6 Å². The van der Waals surface area contributed by atoms with Crippen LogP contribution >= 0.6 is 11.3 Å². The lowest BCUT2D eigenvalue weighted by Crippen LogP contribution is -2.45. The van der Waals surface area contributed by atoms with Crippen molar-refractivity contribution in [2.45, 2.75) is 40.2 Å². The molecule has 1 saturated heterocycles. The zero-order chi connectivity index (χ0) is 13.4. The minimum atomic E-state index is -0.930. The first-order valence-electron chi connectivity index (χ1n) is 6.37. The second-order valence-electron chi connectivity index (χ2n) is 5.42. The molecule has 1 aliphatic heterocycles. The highest BCUT2D eigenvalue weighted by Crippen LogP contribution is 2.34. The van der Waals surface area contributed by atoms with Crippen molar-refractivity contribution >= 4 is 22.4 Å². The average Bonchev–Trinajstić information content (AvgIpc) is 2.65. The van der Waals surface area contributed by atoms with E-state index in [2.05, 4.69) is 30.7 Å². The van der Waals surface area contributed by atoms with Crippen molar-refractivity contribution in [3.63, 3.8) is 0 Å². The fourth-order valence-corrected chi connectivity index (χ4v) is 3.67. The molecule has 0 spiro atoms. The lowest BCUT2D eigenvalue weighted by molar-refractivity contribution is 0.0690. The summed E-state index contributed by atoms with van der Waals surface area (Å²) < 4.78 is 0. The number of nitrogens with zero attached hydrogens (tertiary/aromatic N) is 2. The Morgan fingerprint density at radius 3 is 2.67 bits per heavy atom. The van der Waals surface area contributed by atoms with Gasteiger partial charge in [-0.1, -0.05) is 13.8 Å². The molecule has 3 atom stereocenters. The Morgan fingerprint density at radius 2 is 2.11 bits per heavy atom. The Balaban J connectivity index is 2.30. The van der Waals surface area contributed by atoms with Crippen LogP contribution in [0.2, 0.25) is 0 Å². The maximum atomic E-state index is 11.1. The second kappa shape index (κ2) is 4.88. The number of rotatable bonds is 2. The Morgan fingerprint density at radius 1 is 1.44 bits per heavy atom. The van der Waals surface area contributed by atoms with Gasteiger partial charge >= 0.3 is 5.97 Å². The van der Waals surface area contributed by atoms with Crippen LogP contribution in [0.5, 0.6) is 0 Å². The smallest absolute Gasteiger partial charge is 0.355 e. The highest BCUT2D eigenvalue weighted by atomic mass is 32.1. The molecular formula is C13H20N2O2S. The Labute approximate surface area is 112 Å². The van der Waals surface area contributed by atoms with Crippen LogP contribution in [0.3, 0.4) is 0 Å². The van der Waals surface area contributed by atoms with Crippen LogP contribution in [-0.4, -0.2) is 28.6 Å². The molecular weight excluding hydrogens is 248 g/mol. The average molecular weight is 268 g/mol. The third-order valence-corrected chi connectivity index (χ3v) is 4.84. The standard InChI is InChI=1S/C13H20N2O2S/c1-7-5-8(2)9(3)15(6-7)13-14-11(12(16)17)10(4)18-13/h7-9H,5-6H2,1-4H3,(H,16,17). The van der Waals surface area contributed by atoms with Crippen LogP contribution in [0.4, 0.5) is 5.13 Å². The molecule has 2 rings (SSSR count). The highest BCUT2D eigenvalue weighted by Gasteiger charge is 2.31. The van der Waals surface area contributed by atoms with Gasteiger partial charge in [-0.3, -0.25) is 0 Å². The van der Waals surface area contributed by atoms with Crippen LogP contribution in [0.25, 0.3) is 0 Å². The molecule has 0 saturated carbocycles. The number of carboxylic acid groups (broad SMARTS) is 1. The third-order valence-electron chi connectivity index (χ3n) is 3.83. The maximum absolute atomic E-state index is 11.1. The molecule has 4 nitrogen and oxygen atoms in total. The molecule has 5 heteroatoms. The van der Waals surface area contributed by atoms with Gasteiger partial charge in [0.1, 0.15) is 0 Å². The van der Waals surface area contributed by atoms with Gasteiger partial charge in [0, 0.05) is 17.5 Å². The van der Waals surface area contributed by atoms with Crippen LogP contribution in [0, 0.1) is 18.8 Å². The van der Waals surface area contributed by atoms with Crippen molar-refractivity contribution in [3.8, 4) is 0 Å². The van der Waals surface area contributed by atoms with E-state index < -0.39 is 5.97 Å². The van der Waals surface area contributed by atoms with Crippen molar-refractivity contribution in [2.24, 2.45) is 11.8 Å². The van der Waals surface area contributed by atoms with E-state index in [1.54, 1.807) is 0 Å². The maximum Gasteiger partial charge on any atom is 0.355 e. The van der Waals surface area contributed by atoms with Crippen molar-refractivity contribution < 1.29 is 9.90 Å². The van der Waals surface area contributed by atoms with Crippen LogP contribution in [-0.2, 0) is 0 Å². The SMILES string of the molecule is Cc1sc(N2CC(C)CC(C)C2C)nc1C(=O)O. The second-order valence-corrected chi connectivity index (χ2v) is 6.60. The van der Waals surface area contributed by atoms with Gasteiger partial charge in [-0.15, -0.1) is 11.3 Å². The van der Waals surface area contributed by atoms with Crippen LogP contribution in [0.1, 0.15) is 42.6 Å². The topological polar surface area (TPSA) is 53.4 Å². The van der Waals surface area contributed by atoms with E-state index in [9.17, 15) is 4.79 Å². The van der Waals surface area contributed by atoms with Gasteiger partial charge in [-0.05, 0) is 32.1 Å². The molecule has 18 heavy (non-hydrogen) atoms. The zero-order valence-electron chi connectivity index (χ0n) is 11.3. The number of aromatic nitrogens is 1. The number of anilines is 1. The first-order chi connectivity index (χ1) is 8.40. The Bertz CT molecular complexity index is 458. The number of piperidine rings is 1. The van der Waals surface area contributed by atoms with Gasteiger partial charge in [0.25, 0.3) is 0 Å². The monoisotopic (exact) mass is 268 g/mol. The molecule has 1 aromatic heterocycles. The number of hydrogen-bond donors (Lipinski definition) is 1. The molecule has 1 fully saturated rings. The molecule has 1 aromatic rings. The predicted molar refractivity (Wildman–Crippen MR) is 73.6 cm³/mol. The van der Waals surface area contributed by atoms with Crippen molar-refractivity contribution in [2.75, 3.05) is 11.4 Å². The number of thiazole rings is 1. The molecule has 1 N–H and O–H groups in total. The molecule has 1 aliphatic rings. The molecule has 100 valence electrons. The lowest BCUT2D eigenvalue weighted by atomic mass is 9.86. The van der Waals surface area contributed by atoms with Crippen LogP contribution in [0.15, 0.2) is 0 Å². The van der Waals surface area contributed by atoms with E-state index >= 15 is 0 Å². The number of carbonyl (C=O) groups is 1. The normalized spacial score (nSPS) is 28.4. The molecule has 0 aliphatic carbocycles. The number of carboxylic acids is 1. The zero-order valence-corrected chi connectivity index (χ0v) is 12.1. The van der Waals surface area contributed by atoms with E-state index in [1.807, 2.05) is 6.92 Å². The Kier molecular flexibility index (Phi) is 3.61. The number of aromatic carboxylic acids is 1. The third kappa shape index (κ3) is 2.36. The summed E-state index contributed by atoms with van der Waals surface area (Å²) in [5.74, 6) is 0.320. The van der Waals surface area contributed by atoms with Crippen molar-refractivity contribution in [1.29, 1.82) is 0 Å². The molecule has 0 aromatic carbocycles. The van der Waals surface area contributed by atoms with Gasteiger partial charge in [-0.2, -0.15) is 0 Å². The molecule has 0 bridgehead atoms. The molecule has 2 heterocycles. The first-order valence-corrected chi connectivity index (χ1v) is 7.19. The van der Waals surface area contributed by atoms with Crippen molar-refractivity contribution in [3.05, 3.63) is 10.6 Å². The first kappa shape index (κ1) is 13.3. The largest absolute Gasteiger partial charge is 0.476 e.